The van der Waals surface area contributed by atoms with E-state index in [1.54, 1.807) is 6.07 Å². The van der Waals surface area contributed by atoms with Crippen molar-refractivity contribution in [3.63, 3.8) is 0 Å². The molecule has 0 fully saturated rings. The lowest BCUT2D eigenvalue weighted by atomic mass is 10.1. The van der Waals surface area contributed by atoms with E-state index in [-0.39, 0.29) is 0 Å². The average molecular weight is 301 g/mol. The van der Waals surface area contributed by atoms with Crippen LogP contribution in [0, 0.1) is 0 Å². The Balaban J connectivity index is 2.50. The summed E-state index contributed by atoms with van der Waals surface area (Å²) >= 11 is 3.47. The number of fused-ring (bicyclic) bond motifs is 2. The molecule has 1 amide bonds. The van der Waals surface area contributed by atoms with E-state index in [0.29, 0.717) is 11.1 Å². The number of nitrogens with zero attached hydrogens (tertiary/aromatic N) is 1. The highest BCUT2D eigenvalue weighted by atomic mass is 79.9. The summed E-state index contributed by atoms with van der Waals surface area (Å²) in [4.78, 5) is 16.0. The van der Waals surface area contributed by atoms with E-state index >= 15 is 0 Å². The van der Waals surface area contributed by atoms with E-state index < -0.39 is 5.91 Å². The van der Waals surface area contributed by atoms with Gasteiger partial charge in [0.15, 0.2) is 0 Å². The third kappa shape index (κ3) is 1.66. The van der Waals surface area contributed by atoms with Crippen LogP contribution in [0.4, 0.5) is 0 Å². The van der Waals surface area contributed by atoms with Crippen molar-refractivity contribution in [1.82, 2.24) is 4.98 Å². The molecule has 0 aliphatic rings. The maximum atomic E-state index is 11.4. The van der Waals surface area contributed by atoms with Crippen molar-refractivity contribution in [2.75, 3.05) is 0 Å². The number of carbonyl (C=O) groups excluding carboxylic acids is 1. The van der Waals surface area contributed by atoms with Crippen molar-refractivity contribution in [3.05, 3.63) is 52.5 Å². The fraction of sp³-hybridized carbons (Fsp3) is 0. The molecule has 1 aromatic heterocycles. The lowest BCUT2D eigenvalue weighted by Crippen LogP contribution is -2.11. The fourth-order valence-corrected chi connectivity index (χ4v) is 2.52. The van der Waals surface area contributed by atoms with Crippen LogP contribution in [0.3, 0.4) is 0 Å². The molecule has 0 unspecified atom stereocenters. The van der Waals surface area contributed by atoms with Gasteiger partial charge in [0, 0.05) is 15.2 Å². The lowest BCUT2D eigenvalue weighted by Gasteiger charge is -2.06. The number of rotatable bonds is 1. The summed E-state index contributed by atoms with van der Waals surface area (Å²) in [5.74, 6) is -0.459. The number of pyridine rings is 1. The van der Waals surface area contributed by atoms with E-state index in [2.05, 4.69) is 20.9 Å². The number of primary amides is 1. The van der Waals surface area contributed by atoms with Crippen LogP contribution < -0.4 is 5.73 Å². The molecule has 1 heterocycles. The van der Waals surface area contributed by atoms with Crippen LogP contribution in [-0.4, -0.2) is 10.9 Å². The number of benzene rings is 2. The first-order valence-electron chi connectivity index (χ1n) is 5.44. The summed E-state index contributed by atoms with van der Waals surface area (Å²) in [5.41, 5.74) is 7.30. The van der Waals surface area contributed by atoms with E-state index in [1.807, 2.05) is 36.4 Å². The summed E-state index contributed by atoms with van der Waals surface area (Å²) < 4.78 is 0.904. The molecular formula is C14H9BrN2O. The first kappa shape index (κ1) is 11.2. The van der Waals surface area contributed by atoms with Crippen LogP contribution in [-0.2, 0) is 0 Å². The Bertz CT molecular complexity index is 783. The van der Waals surface area contributed by atoms with Crippen molar-refractivity contribution < 1.29 is 4.79 Å². The number of halogens is 1. The molecule has 4 heteroatoms. The van der Waals surface area contributed by atoms with Gasteiger partial charge < -0.3 is 5.73 Å². The first-order chi connectivity index (χ1) is 8.66. The second-order valence-corrected chi connectivity index (χ2v) is 4.90. The number of aromatic nitrogens is 1. The Labute approximate surface area is 112 Å². The van der Waals surface area contributed by atoms with Gasteiger partial charge in [0.25, 0.3) is 5.91 Å². The van der Waals surface area contributed by atoms with Crippen LogP contribution in [0.2, 0.25) is 0 Å². The highest BCUT2D eigenvalue weighted by molar-refractivity contribution is 9.10. The summed E-state index contributed by atoms with van der Waals surface area (Å²) in [6.07, 6.45) is 0. The monoisotopic (exact) mass is 300 g/mol. The molecule has 3 aromatic rings. The number of hydrogen-bond donors (Lipinski definition) is 1. The van der Waals surface area contributed by atoms with Gasteiger partial charge in [-0.25, -0.2) is 4.98 Å². The summed E-state index contributed by atoms with van der Waals surface area (Å²) in [7, 11) is 0. The zero-order valence-electron chi connectivity index (χ0n) is 9.35. The van der Waals surface area contributed by atoms with E-state index in [9.17, 15) is 4.79 Å². The van der Waals surface area contributed by atoms with Crippen LogP contribution in [0.1, 0.15) is 10.4 Å². The molecule has 0 saturated carbocycles. The zero-order chi connectivity index (χ0) is 12.7. The normalized spacial score (nSPS) is 10.9. The van der Waals surface area contributed by atoms with Gasteiger partial charge >= 0.3 is 0 Å². The number of nitrogens with two attached hydrogens (primary N) is 1. The summed E-state index contributed by atoms with van der Waals surface area (Å²) in [5, 5.41) is 1.94. The van der Waals surface area contributed by atoms with Crippen molar-refractivity contribution >= 4 is 43.6 Å². The predicted octanol–water partition coefficient (Wildman–Crippen LogP) is 3.25. The molecule has 0 saturated heterocycles. The number of hydrogen-bond acceptors (Lipinski definition) is 2. The van der Waals surface area contributed by atoms with E-state index in [0.717, 1.165) is 20.8 Å². The quantitative estimate of drug-likeness (QED) is 0.701. The Morgan fingerprint density at radius 1 is 1.06 bits per heavy atom. The fourth-order valence-electron chi connectivity index (χ4n) is 2.05. The molecule has 3 rings (SSSR count). The van der Waals surface area contributed by atoms with Crippen LogP contribution >= 0.6 is 15.9 Å². The Hall–Kier alpha value is -1.94. The standard InChI is InChI=1S/C14H9BrN2O/c15-11-6-2-4-9-7-8-3-1-5-10(14(16)18)12(8)17-13(9)11/h1-7H,(H2,16,18). The average Bonchev–Trinajstić information content (AvgIpc) is 2.36. The number of para-hydroxylation sites is 2. The van der Waals surface area contributed by atoms with Crippen molar-refractivity contribution in [2.24, 2.45) is 5.73 Å². The minimum absolute atomic E-state index is 0.449. The molecule has 0 aliphatic carbocycles. The lowest BCUT2D eigenvalue weighted by molar-refractivity contribution is 0.100. The number of amides is 1. The highest BCUT2D eigenvalue weighted by Gasteiger charge is 2.09. The van der Waals surface area contributed by atoms with E-state index in [1.165, 1.54) is 0 Å². The summed E-state index contributed by atoms with van der Waals surface area (Å²) in [6.45, 7) is 0. The molecule has 3 nitrogen and oxygen atoms in total. The molecular weight excluding hydrogens is 292 g/mol. The van der Waals surface area contributed by atoms with Gasteiger partial charge in [0.05, 0.1) is 16.6 Å². The minimum Gasteiger partial charge on any atom is -0.366 e. The maximum absolute atomic E-state index is 11.4. The Morgan fingerprint density at radius 2 is 1.72 bits per heavy atom. The van der Waals surface area contributed by atoms with Gasteiger partial charge in [-0.3, -0.25) is 4.79 Å². The third-order valence-electron chi connectivity index (χ3n) is 2.89. The van der Waals surface area contributed by atoms with Gasteiger partial charge in [0.2, 0.25) is 0 Å². The molecule has 0 spiro atoms. The van der Waals surface area contributed by atoms with Gasteiger partial charge in [-0.1, -0.05) is 24.3 Å². The molecule has 2 aromatic carbocycles. The molecule has 0 bridgehead atoms. The largest absolute Gasteiger partial charge is 0.366 e. The van der Waals surface area contributed by atoms with Crippen molar-refractivity contribution in [3.8, 4) is 0 Å². The Morgan fingerprint density at radius 3 is 2.44 bits per heavy atom. The van der Waals surface area contributed by atoms with Gasteiger partial charge in [-0.2, -0.15) is 0 Å². The second-order valence-electron chi connectivity index (χ2n) is 4.04. The topological polar surface area (TPSA) is 56.0 Å². The predicted molar refractivity (Wildman–Crippen MR) is 75.5 cm³/mol. The van der Waals surface area contributed by atoms with Gasteiger partial charge in [0.1, 0.15) is 0 Å². The number of carbonyl (C=O) groups is 1. The molecule has 0 atom stereocenters. The molecule has 2 N–H and O–H groups in total. The molecule has 0 radical (unpaired) electrons. The van der Waals surface area contributed by atoms with Crippen molar-refractivity contribution in [2.45, 2.75) is 0 Å². The maximum Gasteiger partial charge on any atom is 0.250 e. The molecule has 88 valence electrons. The van der Waals surface area contributed by atoms with Crippen molar-refractivity contribution in [1.29, 1.82) is 0 Å². The summed E-state index contributed by atoms with van der Waals surface area (Å²) in [6, 6.07) is 13.3. The third-order valence-corrected chi connectivity index (χ3v) is 3.53. The van der Waals surface area contributed by atoms with Gasteiger partial charge in [-0.05, 0) is 34.1 Å². The highest BCUT2D eigenvalue weighted by Crippen LogP contribution is 2.26. The Kier molecular flexibility index (Phi) is 2.52. The van der Waals surface area contributed by atoms with Crippen LogP contribution in [0.25, 0.3) is 21.8 Å². The smallest absolute Gasteiger partial charge is 0.250 e. The van der Waals surface area contributed by atoms with Crippen LogP contribution in [0.5, 0.6) is 0 Å². The van der Waals surface area contributed by atoms with Crippen LogP contribution in [0.15, 0.2) is 46.9 Å². The minimum atomic E-state index is -0.459. The zero-order valence-corrected chi connectivity index (χ0v) is 10.9. The first-order valence-corrected chi connectivity index (χ1v) is 6.24. The van der Waals surface area contributed by atoms with E-state index in [4.69, 9.17) is 5.73 Å². The molecule has 0 aliphatic heterocycles. The second kappa shape index (κ2) is 4.07. The SMILES string of the molecule is NC(=O)c1cccc2cc3cccc(Br)c3nc12. The molecule has 18 heavy (non-hydrogen) atoms. The van der Waals surface area contributed by atoms with Gasteiger partial charge in [-0.15, -0.1) is 0 Å².